The van der Waals surface area contributed by atoms with Crippen molar-refractivity contribution in [3.05, 3.63) is 29.7 Å². The molecule has 6 heteroatoms. The first-order chi connectivity index (χ1) is 9.76. The standard InChI is InChI=1S/C14H19N5O/c1-10-9-13(17-14(16-10)20-2)19-7-4-11(5-8-19)12-3-6-15-18-12/h3,6,9,11H,4-5,7-8H2,1-2H3,(H,15,18). The molecule has 0 aliphatic carbocycles. The lowest BCUT2D eigenvalue weighted by atomic mass is 9.94. The van der Waals surface area contributed by atoms with Gasteiger partial charge in [-0.25, -0.2) is 4.98 Å². The topological polar surface area (TPSA) is 66.9 Å². The highest BCUT2D eigenvalue weighted by Gasteiger charge is 2.22. The second-order valence-electron chi connectivity index (χ2n) is 5.13. The largest absolute Gasteiger partial charge is 0.467 e. The molecule has 1 fully saturated rings. The van der Waals surface area contributed by atoms with Crippen molar-refractivity contribution in [3.8, 4) is 6.01 Å². The summed E-state index contributed by atoms with van der Waals surface area (Å²) >= 11 is 0. The van der Waals surface area contributed by atoms with Gasteiger partial charge < -0.3 is 9.64 Å². The van der Waals surface area contributed by atoms with E-state index in [1.165, 1.54) is 5.69 Å². The van der Waals surface area contributed by atoms with E-state index < -0.39 is 0 Å². The molecule has 3 heterocycles. The van der Waals surface area contributed by atoms with Crippen LogP contribution < -0.4 is 9.64 Å². The van der Waals surface area contributed by atoms with Crippen LogP contribution in [0.25, 0.3) is 0 Å². The number of aromatic amines is 1. The average molecular weight is 273 g/mol. The van der Waals surface area contributed by atoms with Gasteiger partial charge in [0.2, 0.25) is 0 Å². The summed E-state index contributed by atoms with van der Waals surface area (Å²) in [6.45, 7) is 3.94. The molecule has 0 bridgehead atoms. The van der Waals surface area contributed by atoms with Crippen LogP contribution in [0, 0.1) is 6.92 Å². The highest BCUT2D eigenvalue weighted by Crippen LogP contribution is 2.29. The molecule has 6 nitrogen and oxygen atoms in total. The number of methoxy groups -OCH3 is 1. The fourth-order valence-electron chi connectivity index (χ4n) is 2.69. The smallest absolute Gasteiger partial charge is 0.318 e. The number of hydrogen-bond acceptors (Lipinski definition) is 5. The van der Waals surface area contributed by atoms with Crippen LogP contribution in [0.3, 0.4) is 0 Å². The molecule has 3 rings (SSSR count). The van der Waals surface area contributed by atoms with E-state index >= 15 is 0 Å². The number of nitrogens with one attached hydrogen (secondary N) is 1. The zero-order chi connectivity index (χ0) is 13.9. The molecule has 1 saturated heterocycles. The quantitative estimate of drug-likeness (QED) is 0.925. The summed E-state index contributed by atoms with van der Waals surface area (Å²) in [5.41, 5.74) is 2.17. The van der Waals surface area contributed by atoms with Crippen LogP contribution >= 0.6 is 0 Å². The minimum Gasteiger partial charge on any atom is -0.467 e. The fraction of sp³-hybridized carbons (Fsp3) is 0.500. The molecule has 0 unspecified atom stereocenters. The molecule has 2 aromatic heterocycles. The number of nitrogens with zero attached hydrogens (tertiary/aromatic N) is 4. The van der Waals surface area contributed by atoms with Gasteiger partial charge in [0.05, 0.1) is 7.11 Å². The number of aryl methyl sites for hydroxylation is 1. The van der Waals surface area contributed by atoms with Gasteiger partial charge in [-0.1, -0.05) is 0 Å². The highest BCUT2D eigenvalue weighted by atomic mass is 16.5. The molecule has 0 amide bonds. The Morgan fingerprint density at radius 3 is 2.75 bits per heavy atom. The zero-order valence-electron chi connectivity index (χ0n) is 11.8. The predicted molar refractivity (Wildman–Crippen MR) is 76.1 cm³/mol. The summed E-state index contributed by atoms with van der Waals surface area (Å²) in [6, 6.07) is 4.52. The first-order valence-electron chi connectivity index (χ1n) is 6.90. The van der Waals surface area contributed by atoms with Crippen LogP contribution in [0.5, 0.6) is 6.01 Å². The number of piperidine rings is 1. The fourth-order valence-corrected chi connectivity index (χ4v) is 2.69. The molecule has 1 aliphatic rings. The predicted octanol–water partition coefficient (Wildman–Crippen LogP) is 1.90. The van der Waals surface area contributed by atoms with E-state index in [0.717, 1.165) is 37.4 Å². The first kappa shape index (κ1) is 12.9. The minimum absolute atomic E-state index is 0.440. The van der Waals surface area contributed by atoms with E-state index in [2.05, 4.69) is 31.1 Å². The Kier molecular flexibility index (Phi) is 3.54. The van der Waals surface area contributed by atoms with Crippen molar-refractivity contribution >= 4 is 5.82 Å². The van der Waals surface area contributed by atoms with Crippen molar-refractivity contribution in [3.63, 3.8) is 0 Å². The van der Waals surface area contributed by atoms with Crippen molar-refractivity contribution in [1.82, 2.24) is 20.2 Å². The maximum absolute atomic E-state index is 5.14. The number of hydrogen-bond donors (Lipinski definition) is 1. The lowest BCUT2D eigenvalue weighted by molar-refractivity contribution is 0.377. The van der Waals surface area contributed by atoms with E-state index in [0.29, 0.717) is 11.9 Å². The van der Waals surface area contributed by atoms with Crippen LogP contribution in [0.4, 0.5) is 5.82 Å². The molecule has 0 atom stereocenters. The van der Waals surface area contributed by atoms with Gasteiger partial charge in [0.25, 0.3) is 0 Å². The Morgan fingerprint density at radius 2 is 2.10 bits per heavy atom. The van der Waals surface area contributed by atoms with Crippen molar-refractivity contribution in [2.75, 3.05) is 25.1 Å². The number of rotatable bonds is 3. The Balaban J connectivity index is 1.70. The van der Waals surface area contributed by atoms with E-state index in [1.807, 2.05) is 19.2 Å². The van der Waals surface area contributed by atoms with Crippen LogP contribution in [0.15, 0.2) is 18.3 Å². The summed E-state index contributed by atoms with van der Waals surface area (Å²) < 4.78 is 5.14. The molecule has 0 radical (unpaired) electrons. The van der Waals surface area contributed by atoms with Gasteiger partial charge in [0.1, 0.15) is 5.82 Å². The van der Waals surface area contributed by atoms with E-state index in [9.17, 15) is 0 Å². The van der Waals surface area contributed by atoms with Crippen LogP contribution in [0.2, 0.25) is 0 Å². The SMILES string of the molecule is COc1nc(C)cc(N2CCC(c3ccn[nH]3)CC2)n1. The number of ether oxygens (including phenoxy) is 1. The van der Waals surface area contributed by atoms with Gasteiger partial charge in [0.15, 0.2) is 0 Å². The van der Waals surface area contributed by atoms with E-state index in [4.69, 9.17) is 4.74 Å². The van der Waals surface area contributed by atoms with Gasteiger partial charge in [-0.15, -0.1) is 0 Å². The number of H-pyrrole nitrogens is 1. The van der Waals surface area contributed by atoms with Crippen LogP contribution in [-0.4, -0.2) is 40.4 Å². The Bertz CT molecular complexity index is 561. The van der Waals surface area contributed by atoms with Crippen molar-refractivity contribution in [2.45, 2.75) is 25.7 Å². The lowest BCUT2D eigenvalue weighted by Gasteiger charge is -2.32. The lowest BCUT2D eigenvalue weighted by Crippen LogP contribution is -2.33. The third-order valence-corrected chi connectivity index (χ3v) is 3.78. The second-order valence-corrected chi connectivity index (χ2v) is 5.13. The van der Waals surface area contributed by atoms with Crippen molar-refractivity contribution < 1.29 is 4.74 Å². The van der Waals surface area contributed by atoms with Gasteiger partial charge >= 0.3 is 6.01 Å². The molecule has 0 aromatic carbocycles. The normalized spacial score (nSPS) is 16.4. The first-order valence-corrected chi connectivity index (χ1v) is 6.90. The molecule has 0 saturated carbocycles. The number of aromatic nitrogens is 4. The van der Waals surface area contributed by atoms with Crippen molar-refractivity contribution in [1.29, 1.82) is 0 Å². The maximum atomic E-state index is 5.14. The molecule has 0 spiro atoms. The average Bonchev–Trinajstić information content (AvgIpc) is 3.01. The van der Waals surface area contributed by atoms with Gasteiger partial charge in [-0.2, -0.15) is 10.1 Å². The van der Waals surface area contributed by atoms with E-state index in [1.54, 1.807) is 7.11 Å². The van der Waals surface area contributed by atoms with Gasteiger partial charge in [-0.3, -0.25) is 5.10 Å². The molecule has 2 aromatic rings. The summed E-state index contributed by atoms with van der Waals surface area (Å²) in [6.07, 6.45) is 4.03. The summed E-state index contributed by atoms with van der Waals surface area (Å²) in [5.74, 6) is 1.52. The summed E-state index contributed by atoms with van der Waals surface area (Å²) in [5, 5.41) is 7.11. The summed E-state index contributed by atoms with van der Waals surface area (Å²) in [4.78, 5) is 11.0. The third-order valence-electron chi connectivity index (χ3n) is 3.78. The van der Waals surface area contributed by atoms with E-state index in [-0.39, 0.29) is 0 Å². The van der Waals surface area contributed by atoms with Crippen LogP contribution in [-0.2, 0) is 0 Å². The Labute approximate surface area is 118 Å². The molecule has 106 valence electrons. The minimum atomic E-state index is 0.440. The van der Waals surface area contributed by atoms with Crippen molar-refractivity contribution in [2.24, 2.45) is 0 Å². The highest BCUT2D eigenvalue weighted by molar-refractivity contribution is 5.41. The Morgan fingerprint density at radius 1 is 1.30 bits per heavy atom. The molecular weight excluding hydrogens is 254 g/mol. The van der Waals surface area contributed by atoms with Gasteiger partial charge in [0, 0.05) is 42.7 Å². The molecular formula is C14H19N5O. The monoisotopic (exact) mass is 273 g/mol. The molecule has 20 heavy (non-hydrogen) atoms. The number of anilines is 1. The zero-order valence-corrected chi connectivity index (χ0v) is 11.8. The summed E-state index contributed by atoms with van der Waals surface area (Å²) in [7, 11) is 1.60. The molecule has 1 N–H and O–H groups in total. The second kappa shape index (κ2) is 5.48. The Hall–Kier alpha value is -2.11. The maximum Gasteiger partial charge on any atom is 0.318 e. The third kappa shape index (κ3) is 2.59. The van der Waals surface area contributed by atoms with Crippen LogP contribution in [0.1, 0.15) is 30.1 Å². The molecule has 1 aliphatic heterocycles. The van der Waals surface area contributed by atoms with Gasteiger partial charge in [-0.05, 0) is 25.8 Å².